The molecule has 0 fully saturated rings. The highest BCUT2D eigenvalue weighted by Gasteiger charge is 2.18. The lowest BCUT2D eigenvalue weighted by Gasteiger charge is -2.16. The van der Waals surface area contributed by atoms with Gasteiger partial charge in [-0.15, -0.1) is 0 Å². The Bertz CT molecular complexity index is 1170. The van der Waals surface area contributed by atoms with E-state index in [0.29, 0.717) is 15.9 Å². The summed E-state index contributed by atoms with van der Waals surface area (Å²) in [5.74, 6) is 0.534. The van der Waals surface area contributed by atoms with Crippen LogP contribution < -0.4 is 5.32 Å². The second-order valence-corrected chi connectivity index (χ2v) is 7.68. The number of benzene rings is 3. The molecule has 6 heteroatoms. The van der Waals surface area contributed by atoms with Gasteiger partial charge in [-0.2, -0.15) is 0 Å². The monoisotopic (exact) mass is 423 g/mol. The molecule has 3 aromatic carbocycles. The van der Waals surface area contributed by atoms with Crippen LogP contribution in [-0.4, -0.2) is 15.5 Å². The Morgan fingerprint density at radius 1 is 1.03 bits per heavy atom. The van der Waals surface area contributed by atoms with E-state index in [1.165, 1.54) is 0 Å². The normalized spacial score (nSPS) is 12.1. The first kappa shape index (κ1) is 19.5. The van der Waals surface area contributed by atoms with Crippen molar-refractivity contribution in [1.29, 1.82) is 0 Å². The van der Waals surface area contributed by atoms with Gasteiger partial charge in [0, 0.05) is 10.6 Å². The number of rotatable bonds is 5. The largest absolute Gasteiger partial charge is 0.348 e. The van der Waals surface area contributed by atoms with Gasteiger partial charge in [0.05, 0.1) is 22.1 Å². The molecule has 4 aromatic rings. The molecule has 146 valence electrons. The number of carbonyl (C=O) groups excluding carboxylic acids is 1. The molecule has 1 aromatic heterocycles. The average molecular weight is 424 g/mol. The zero-order chi connectivity index (χ0) is 20.4. The number of carbonyl (C=O) groups is 1. The van der Waals surface area contributed by atoms with Crippen molar-refractivity contribution in [2.24, 2.45) is 0 Å². The van der Waals surface area contributed by atoms with E-state index < -0.39 is 0 Å². The third kappa shape index (κ3) is 4.14. The Morgan fingerprint density at radius 2 is 1.76 bits per heavy atom. The maximum atomic E-state index is 12.8. The molecule has 0 aliphatic carbocycles. The fraction of sp³-hybridized carbons (Fsp3) is 0.130. The second kappa shape index (κ2) is 8.27. The molecule has 4 rings (SSSR count). The molecule has 1 amide bonds. The summed E-state index contributed by atoms with van der Waals surface area (Å²) in [6.45, 7) is 2.10. The average Bonchev–Trinajstić information content (AvgIpc) is 3.06. The predicted molar refractivity (Wildman–Crippen MR) is 118 cm³/mol. The van der Waals surface area contributed by atoms with Crippen molar-refractivity contribution in [3.8, 4) is 11.4 Å². The second-order valence-electron chi connectivity index (χ2n) is 6.83. The number of halogens is 2. The minimum absolute atomic E-state index is 0.0962. The summed E-state index contributed by atoms with van der Waals surface area (Å²) in [7, 11) is 0. The molecule has 0 saturated carbocycles. The third-order valence-electron chi connectivity index (χ3n) is 4.81. The maximum absolute atomic E-state index is 12.8. The third-order valence-corrected chi connectivity index (χ3v) is 5.35. The zero-order valence-corrected chi connectivity index (χ0v) is 17.3. The van der Waals surface area contributed by atoms with Gasteiger partial charge in [0.1, 0.15) is 12.4 Å². The van der Waals surface area contributed by atoms with Gasteiger partial charge in [0.15, 0.2) is 0 Å². The highest BCUT2D eigenvalue weighted by atomic mass is 35.5. The van der Waals surface area contributed by atoms with Crippen LogP contribution in [-0.2, 0) is 11.3 Å². The number of amides is 1. The molecule has 0 bridgehead atoms. The molecule has 29 heavy (non-hydrogen) atoms. The molecular formula is C23H19Cl2N3O. The quantitative estimate of drug-likeness (QED) is 0.435. The van der Waals surface area contributed by atoms with Gasteiger partial charge >= 0.3 is 0 Å². The van der Waals surface area contributed by atoms with E-state index >= 15 is 0 Å². The minimum Gasteiger partial charge on any atom is -0.348 e. The summed E-state index contributed by atoms with van der Waals surface area (Å²) in [6.07, 6.45) is 0. The predicted octanol–water partition coefficient (Wildman–Crippen LogP) is 5.89. The summed E-state index contributed by atoms with van der Waals surface area (Å²) >= 11 is 12.5. The van der Waals surface area contributed by atoms with Crippen molar-refractivity contribution in [3.05, 3.63) is 88.4 Å². The number of hydrogen-bond acceptors (Lipinski definition) is 2. The van der Waals surface area contributed by atoms with E-state index in [-0.39, 0.29) is 18.5 Å². The molecule has 1 N–H and O–H groups in total. The van der Waals surface area contributed by atoms with Gasteiger partial charge in [0.25, 0.3) is 0 Å². The van der Waals surface area contributed by atoms with Gasteiger partial charge in [-0.1, -0.05) is 65.7 Å². The summed E-state index contributed by atoms with van der Waals surface area (Å²) < 4.78 is 1.89. The molecule has 1 heterocycles. The van der Waals surface area contributed by atoms with Crippen LogP contribution in [0.25, 0.3) is 22.4 Å². The molecule has 0 radical (unpaired) electrons. The standard InChI is InChI=1S/C23H19Cl2N3O/c1-15(16-7-3-2-4-8-16)26-22(29)14-28-21-10-6-5-9-20(21)27-23(28)18-12-11-17(24)13-19(18)25/h2-13,15H,14H2,1H3,(H,26,29). The maximum Gasteiger partial charge on any atom is 0.240 e. The smallest absolute Gasteiger partial charge is 0.240 e. The number of hydrogen-bond donors (Lipinski definition) is 1. The number of para-hydroxylation sites is 2. The first-order valence-corrected chi connectivity index (χ1v) is 10.0. The molecule has 0 saturated heterocycles. The van der Waals surface area contributed by atoms with E-state index in [1.807, 2.05) is 72.2 Å². The van der Waals surface area contributed by atoms with Gasteiger partial charge in [0.2, 0.25) is 5.91 Å². The van der Waals surface area contributed by atoms with Crippen LogP contribution in [0, 0.1) is 0 Å². The van der Waals surface area contributed by atoms with Crippen molar-refractivity contribution in [2.45, 2.75) is 19.5 Å². The Morgan fingerprint density at radius 3 is 2.52 bits per heavy atom. The SMILES string of the molecule is CC(NC(=O)Cn1c(-c2ccc(Cl)cc2Cl)nc2ccccc21)c1ccccc1. The van der Waals surface area contributed by atoms with Gasteiger partial charge in [-0.05, 0) is 42.8 Å². The first-order valence-electron chi connectivity index (χ1n) is 9.28. The molecule has 1 unspecified atom stereocenters. The van der Waals surface area contributed by atoms with E-state index in [9.17, 15) is 4.79 Å². The van der Waals surface area contributed by atoms with Crippen LogP contribution >= 0.6 is 23.2 Å². The lowest BCUT2D eigenvalue weighted by molar-refractivity contribution is -0.122. The summed E-state index contributed by atoms with van der Waals surface area (Å²) in [4.78, 5) is 17.6. The number of aromatic nitrogens is 2. The van der Waals surface area contributed by atoms with Crippen molar-refractivity contribution in [2.75, 3.05) is 0 Å². The fourth-order valence-electron chi connectivity index (χ4n) is 3.37. The van der Waals surface area contributed by atoms with Gasteiger partial charge < -0.3 is 9.88 Å². The van der Waals surface area contributed by atoms with E-state index in [1.54, 1.807) is 12.1 Å². The van der Waals surface area contributed by atoms with Crippen LogP contribution in [0.4, 0.5) is 0 Å². The summed E-state index contributed by atoms with van der Waals surface area (Å²) in [5.41, 5.74) is 3.46. The molecule has 1 atom stereocenters. The van der Waals surface area contributed by atoms with E-state index in [0.717, 1.165) is 22.2 Å². The zero-order valence-electron chi connectivity index (χ0n) is 15.8. The highest BCUT2D eigenvalue weighted by Crippen LogP contribution is 2.32. The van der Waals surface area contributed by atoms with Crippen molar-refractivity contribution in [1.82, 2.24) is 14.9 Å². The Hall–Kier alpha value is -2.82. The lowest BCUT2D eigenvalue weighted by atomic mass is 10.1. The topological polar surface area (TPSA) is 46.9 Å². The summed E-state index contributed by atoms with van der Waals surface area (Å²) in [6, 6.07) is 22.8. The minimum atomic E-state index is -0.101. The molecule has 0 aliphatic rings. The lowest BCUT2D eigenvalue weighted by Crippen LogP contribution is -2.30. The number of fused-ring (bicyclic) bond motifs is 1. The Balaban J connectivity index is 1.68. The van der Waals surface area contributed by atoms with Crippen molar-refractivity contribution in [3.63, 3.8) is 0 Å². The molecule has 0 aliphatic heterocycles. The Kier molecular flexibility index (Phi) is 5.56. The molecular weight excluding hydrogens is 405 g/mol. The van der Waals surface area contributed by atoms with Crippen molar-refractivity contribution < 1.29 is 4.79 Å². The first-order chi connectivity index (χ1) is 14.0. The molecule has 0 spiro atoms. The van der Waals surface area contributed by atoms with Crippen LogP contribution in [0.5, 0.6) is 0 Å². The number of imidazole rings is 1. The van der Waals surface area contributed by atoms with E-state index in [2.05, 4.69) is 5.32 Å². The van der Waals surface area contributed by atoms with Gasteiger partial charge in [-0.3, -0.25) is 4.79 Å². The highest BCUT2D eigenvalue weighted by molar-refractivity contribution is 6.36. The van der Waals surface area contributed by atoms with Crippen LogP contribution in [0.2, 0.25) is 10.0 Å². The Labute approximate surface area is 179 Å². The van der Waals surface area contributed by atoms with Crippen LogP contribution in [0.1, 0.15) is 18.5 Å². The summed E-state index contributed by atoms with van der Waals surface area (Å²) in [5, 5.41) is 4.10. The van der Waals surface area contributed by atoms with Crippen LogP contribution in [0.15, 0.2) is 72.8 Å². The van der Waals surface area contributed by atoms with E-state index in [4.69, 9.17) is 28.2 Å². The number of nitrogens with zero attached hydrogens (tertiary/aromatic N) is 2. The fourth-order valence-corrected chi connectivity index (χ4v) is 3.86. The van der Waals surface area contributed by atoms with Crippen molar-refractivity contribution >= 4 is 40.1 Å². The van der Waals surface area contributed by atoms with Gasteiger partial charge in [-0.25, -0.2) is 4.98 Å². The molecule has 4 nitrogen and oxygen atoms in total. The number of nitrogens with one attached hydrogen (secondary N) is 1. The van der Waals surface area contributed by atoms with Crippen LogP contribution in [0.3, 0.4) is 0 Å².